The molecule has 2 aromatic carbocycles. The number of halogens is 2. The van der Waals surface area contributed by atoms with Gasteiger partial charge in [-0.25, -0.2) is 0 Å². The normalized spacial score (nSPS) is 10.2. The molecule has 0 atom stereocenters. The lowest BCUT2D eigenvalue weighted by Gasteiger charge is -2.06. The Balaban J connectivity index is 0.00000180. The van der Waals surface area contributed by atoms with E-state index in [0.717, 1.165) is 16.9 Å². The topological polar surface area (TPSA) is 66.8 Å². The molecule has 0 spiro atoms. The van der Waals surface area contributed by atoms with Crippen molar-refractivity contribution in [1.29, 1.82) is 0 Å². The Hall–Kier alpha value is -1.03. The average Bonchev–Trinajstić information content (AvgIpc) is 2.38. The Morgan fingerprint density at radius 2 is 1.25 bits per heavy atom. The van der Waals surface area contributed by atoms with Gasteiger partial charge in [0, 0.05) is 0 Å². The van der Waals surface area contributed by atoms with Gasteiger partial charge in [-0.15, -0.1) is 24.8 Å². The minimum absolute atomic E-state index is 0. The maximum absolute atomic E-state index is 11.0. The molecule has 4 nitrogen and oxygen atoms in total. The van der Waals surface area contributed by atoms with Crippen molar-refractivity contribution in [3.8, 4) is 16.9 Å². The van der Waals surface area contributed by atoms with Crippen molar-refractivity contribution in [1.82, 2.24) is 0 Å². The van der Waals surface area contributed by atoms with Gasteiger partial charge in [0.2, 0.25) is 0 Å². The minimum Gasteiger partial charge on any atom is -0.497 e. The standard InChI is InChI=1S/C13H13O4P.2ClH/c1-17-12-6-2-10(3-7-12)11-4-8-13(9-5-11)18(14,15)16;;/h2-9H,1H3,(H2,14,15,16);2*1H. The zero-order chi connectivity index (χ0) is 13.2. The Morgan fingerprint density at radius 1 is 0.850 bits per heavy atom. The van der Waals surface area contributed by atoms with Crippen molar-refractivity contribution < 1.29 is 19.1 Å². The third-order valence-corrected chi connectivity index (χ3v) is 3.60. The Morgan fingerprint density at radius 3 is 1.60 bits per heavy atom. The molecule has 110 valence electrons. The van der Waals surface area contributed by atoms with Gasteiger partial charge < -0.3 is 14.5 Å². The predicted octanol–water partition coefficient (Wildman–Crippen LogP) is 3.01. The summed E-state index contributed by atoms with van der Waals surface area (Å²) < 4.78 is 16.1. The van der Waals surface area contributed by atoms with E-state index in [1.807, 2.05) is 24.3 Å². The van der Waals surface area contributed by atoms with Crippen LogP contribution in [0.3, 0.4) is 0 Å². The van der Waals surface area contributed by atoms with Gasteiger partial charge in [-0.2, -0.15) is 0 Å². The van der Waals surface area contributed by atoms with Crippen molar-refractivity contribution in [2.45, 2.75) is 0 Å². The number of hydrogen-bond acceptors (Lipinski definition) is 2. The van der Waals surface area contributed by atoms with Gasteiger partial charge in [0.1, 0.15) is 5.75 Å². The van der Waals surface area contributed by atoms with E-state index in [2.05, 4.69) is 0 Å². The maximum Gasteiger partial charge on any atom is 0.356 e. The van der Waals surface area contributed by atoms with Crippen LogP contribution in [0.15, 0.2) is 48.5 Å². The molecule has 0 aliphatic heterocycles. The van der Waals surface area contributed by atoms with Crippen LogP contribution in [-0.2, 0) is 4.57 Å². The van der Waals surface area contributed by atoms with Gasteiger partial charge in [0.25, 0.3) is 0 Å². The summed E-state index contributed by atoms with van der Waals surface area (Å²) in [6.07, 6.45) is 0. The van der Waals surface area contributed by atoms with Gasteiger partial charge >= 0.3 is 7.60 Å². The lowest BCUT2D eigenvalue weighted by molar-refractivity contribution is 0.387. The third kappa shape index (κ3) is 4.51. The predicted molar refractivity (Wildman–Crippen MR) is 84.6 cm³/mol. The molecular formula is C13H15Cl2O4P. The second-order valence-electron chi connectivity index (χ2n) is 3.82. The summed E-state index contributed by atoms with van der Waals surface area (Å²) in [4.78, 5) is 18.0. The molecule has 2 N–H and O–H groups in total. The molecule has 0 fully saturated rings. The highest BCUT2D eigenvalue weighted by molar-refractivity contribution is 7.60. The lowest BCUT2D eigenvalue weighted by Crippen LogP contribution is -2.02. The van der Waals surface area contributed by atoms with Crippen molar-refractivity contribution in [2.75, 3.05) is 7.11 Å². The molecule has 0 heterocycles. The number of ether oxygens (including phenoxy) is 1. The molecule has 0 radical (unpaired) electrons. The van der Waals surface area contributed by atoms with Crippen LogP contribution in [0.2, 0.25) is 0 Å². The van der Waals surface area contributed by atoms with E-state index in [1.54, 1.807) is 19.2 Å². The average molecular weight is 337 g/mol. The smallest absolute Gasteiger partial charge is 0.356 e. The van der Waals surface area contributed by atoms with E-state index in [1.165, 1.54) is 12.1 Å². The number of benzene rings is 2. The summed E-state index contributed by atoms with van der Waals surface area (Å²) in [6.45, 7) is 0. The van der Waals surface area contributed by atoms with Crippen LogP contribution < -0.4 is 10.0 Å². The first kappa shape index (κ1) is 19.0. The highest BCUT2D eigenvalue weighted by Crippen LogP contribution is 2.33. The summed E-state index contributed by atoms with van der Waals surface area (Å²) in [5.74, 6) is 0.769. The molecule has 2 rings (SSSR count). The molecule has 0 aromatic heterocycles. The molecule has 7 heteroatoms. The molecule has 0 saturated carbocycles. The molecule has 0 amide bonds. The number of hydrogen-bond donors (Lipinski definition) is 2. The first-order valence-electron chi connectivity index (χ1n) is 5.31. The third-order valence-electron chi connectivity index (χ3n) is 2.63. The molecular weight excluding hydrogens is 322 g/mol. The van der Waals surface area contributed by atoms with Crippen LogP contribution in [0.4, 0.5) is 0 Å². The Bertz CT molecular complexity index is 578. The fourth-order valence-corrected chi connectivity index (χ4v) is 2.17. The van der Waals surface area contributed by atoms with Crippen LogP contribution in [0.5, 0.6) is 5.75 Å². The zero-order valence-corrected chi connectivity index (χ0v) is 13.1. The minimum atomic E-state index is -4.16. The van der Waals surface area contributed by atoms with Gasteiger partial charge in [-0.1, -0.05) is 24.3 Å². The first-order chi connectivity index (χ1) is 8.50. The van der Waals surface area contributed by atoms with Crippen molar-refractivity contribution >= 4 is 37.7 Å². The van der Waals surface area contributed by atoms with E-state index in [9.17, 15) is 4.57 Å². The SMILES string of the molecule is COc1ccc(-c2ccc(P(=O)(O)O)cc2)cc1.Cl.Cl. The first-order valence-corrected chi connectivity index (χ1v) is 6.92. The van der Waals surface area contributed by atoms with E-state index < -0.39 is 7.60 Å². The largest absolute Gasteiger partial charge is 0.497 e. The highest BCUT2D eigenvalue weighted by atomic mass is 35.5. The summed E-state index contributed by atoms with van der Waals surface area (Å²) in [6, 6.07) is 13.7. The maximum atomic E-state index is 11.0. The van der Waals surface area contributed by atoms with Crippen LogP contribution in [0.1, 0.15) is 0 Å². The lowest BCUT2D eigenvalue weighted by atomic mass is 10.1. The quantitative estimate of drug-likeness (QED) is 0.845. The number of methoxy groups -OCH3 is 1. The highest BCUT2D eigenvalue weighted by Gasteiger charge is 2.16. The van der Waals surface area contributed by atoms with E-state index in [4.69, 9.17) is 14.5 Å². The molecule has 2 aromatic rings. The number of rotatable bonds is 3. The summed E-state index contributed by atoms with van der Waals surface area (Å²) in [7, 11) is -2.56. The Labute approximate surface area is 129 Å². The van der Waals surface area contributed by atoms with Crippen LogP contribution in [0, 0.1) is 0 Å². The van der Waals surface area contributed by atoms with Gasteiger partial charge in [0.15, 0.2) is 0 Å². The second-order valence-corrected chi connectivity index (χ2v) is 5.42. The monoisotopic (exact) mass is 336 g/mol. The summed E-state index contributed by atoms with van der Waals surface area (Å²) in [5, 5.41) is 0.0276. The van der Waals surface area contributed by atoms with Gasteiger partial charge in [-0.3, -0.25) is 4.57 Å². The molecule has 20 heavy (non-hydrogen) atoms. The van der Waals surface area contributed by atoms with Crippen molar-refractivity contribution in [2.24, 2.45) is 0 Å². The molecule has 0 aliphatic rings. The van der Waals surface area contributed by atoms with Gasteiger partial charge in [0.05, 0.1) is 12.4 Å². The second kappa shape index (κ2) is 7.67. The summed E-state index contributed by atoms with van der Waals surface area (Å²) >= 11 is 0. The van der Waals surface area contributed by atoms with E-state index in [0.29, 0.717) is 0 Å². The summed E-state index contributed by atoms with van der Waals surface area (Å²) in [5.41, 5.74) is 1.86. The van der Waals surface area contributed by atoms with Crippen LogP contribution in [-0.4, -0.2) is 16.9 Å². The van der Waals surface area contributed by atoms with E-state index >= 15 is 0 Å². The fraction of sp³-hybridized carbons (Fsp3) is 0.0769. The van der Waals surface area contributed by atoms with Crippen LogP contribution in [0.25, 0.3) is 11.1 Å². The zero-order valence-electron chi connectivity index (χ0n) is 10.6. The van der Waals surface area contributed by atoms with Gasteiger partial charge in [-0.05, 0) is 35.4 Å². The molecule has 0 bridgehead atoms. The van der Waals surface area contributed by atoms with Crippen molar-refractivity contribution in [3.05, 3.63) is 48.5 Å². The van der Waals surface area contributed by atoms with Crippen molar-refractivity contribution in [3.63, 3.8) is 0 Å². The van der Waals surface area contributed by atoms with Crippen LogP contribution >= 0.6 is 32.4 Å². The fourth-order valence-electron chi connectivity index (χ4n) is 1.63. The van der Waals surface area contributed by atoms with E-state index in [-0.39, 0.29) is 30.1 Å². The Kier molecular flexibility index (Phi) is 7.28. The molecule has 0 saturated heterocycles. The molecule has 0 aliphatic carbocycles. The molecule has 0 unspecified atom stereocenters.